The third-order valence-corrected chi connectivity index (χ3v) is 8.66. The molecule has 0 atom stereocenters. The van der Waals surface area contributed by atoms with Gasteiger partial charge in [-0.15, -0.1) is 0 Å². The SMILES string of the molecule is c1ccc2c(c1)Cc1ccc3c(c1-2)-c1cc2c(cc1C3)N1c3ccccc3Cc3cccc(c31)C2. The molecule has 9 rings (SSSR count). The lowest BCUT2D eigenvalue weighted by Gasteiger charge is -2.39. The van der Waals surface area contributed by atoms with Crippen molar-refractivity contribution >= 4 is 17.1 Å². The highest BCUT2D eigenvalue weighted by atomic mass is 15.2. The molecule has 5 aromatic carbocycles. The number of rotatable bonds is 0. The average molecular weight is 446 g/mol. The summed E-state index contributed by atoms with van der Waals surface area (Å²) in [6, 6.07) is 34.7. The Morgan fingerprint density at radius 3 is 1.89 bits per heavy atom. The summed E-state index contributed by atoms with van der Waals surface area (Å²) in [5, 5.41) is 0. The summed E-state index contributed by atoms with van der Waals surface area (Å²) in [5.41, 5.74) is 21.7. The fourth-order valence-corrected chi connectivity index (χ4v) is 7.21. The summed E-state index contributed by atoms with van der Waals surface area (Å²) >= 11 is 0. The maximum atomic E-state index is 2.56. The van der Waals surface area contributed by atoms with Crippen LogP contribution < -0.4 is 4.90 Å². The van der Waals surface area contributed by atoms with Gasteiger partial charge in [-0.3, -0.25) is 0 Å². The Morgan fingerprint density at radius 2 is 1.03 bits per heavy atom. The van der Waals surface area contributed by atoms with Gasteiger partial charge in [0.2, 0.25) is 0 Å². The van der Waals surface area contributed by atoms with Crippen LogP contribution in [0.25, 0.3) is 22.3 Å². The minimum Gasteiger partial charge on any atom is -0.309 e. The van der Waals surface area contributed by atoms with Crippen molar-refractivity contribution in [2.24, 2.45) is 0 Å². The molecule has 0 amide bonds. The van der Waals surface area contributed by atoms with Crippen molar-refractivity contribution in [1.29, 1.82) is 0 Å². The van der Waals surface area contributed by atoms with Gasteiger partial charge in [-0.05, 0) is 97.8 Å². The third kappa shape index (κ3) is 2.29. The molecule has 0 radical (unpaired) electrons. The molecule has 1 nitrogen and oxygen atoms in total. The number of hydrogen-bond acceptors (Lipinski definition) is 1. The van der Waals surface area contributed by atoms with Crippen molar-refractivity contribution in [3.05, 3.63) is 136 Å². The second-order valence-electron chi connectivity index (χ2n) is 10.5. The van der Waals surface area contributed by atoms with Gasteiger partial charge in [-0.25, -0.2) is 0 Å². The quantitative estimate of drug-likeness (QED) is 0.228. The molecule has 5 aromatic rings. The zero-order valence-electron chi connectivity index (χ0n) is 19.4. The van der Waals surface area contributed by atoms with Crippen LogP contribution >= 0.6 is 0 Å². The van der Waals surface area contributed by atoms with Crippen LogP contribution in [-0.2, 0) is 25.7 Å². The molecule has 0 bridgehead atoms. The van der Waals surface area contributed by atoms with Crippen molar-refractivity contribution in [2.45, 2.75) is 25.7 Å². The molecular weight excluding hydrogens is 422 g/mol. The van der Waals surface area contributed by atoms with Crippen molar-refractivity contribution < 1.29 is 0 Å². The number of nitrogens with zero attached hydrogens (tertiary/aromatic N) is 1. The van der Waals surface area contributed by atoms with Crippen molar-refractivity contribution in [2.75, 3.05) is 4.90 Å². The average Bonchev–Trinajstić information content (AvgIpc) is 3.44. The van der Waals surface area contributed by atoms with E-state index < -0.39 is 0 Å². The minimum absolute atomic E-state index is 1.01. The molecule has 0 saturated heterocycles. The summed E-state index contributed by atoms with van der Waals surface area (Å²) in [4.78, 5) is 2.56. The molecule has 0 fully saturated rings. The van der Waals surface area contributed by atoms with Crippen LogP contribution in [0.15, 0.2) is 91.0 Å². The van der Waals surface area contributed by atoms with Crippen molar-refractivity contribution in [1.82, 2.24) is 0 Å². The van der Waals surface area contributed by atoms with Crippen molar-refractivity contribution in [3.63, 3.8) is 0 Å². The molecule has 0 aromatic heterocycles. The molecule has 1 heteroatoms. The van der Waals surface area contributed by atoms with E-state index in [9.17, 15) is 0 Å². The van der Waals surface area contributed by atoms with E-state index in [1.807, 2.05) is 0 Å². The number of para-hydroxylation sites is 2. The Balaban J connectivity index is 1.30. The van der Waals surface area contributed by atoms with Gasteiger partial charge in [-0.2, -0.15) is 0 Å². The largest absolute Gasteiger partial charge is 0.309 e. The number of anilines is 3. The molecule has 164 valence electrons. The molecule has 2 aliphatic carbocycles. The van der Waals surface area contributed by atoms with Gasteiger partial charge in [0.25, 0.3) is 0 Å². The minimum atomic E-state index is 1.01. The first kappa shape index (κ1) is 18.3. The van der Waals surface area contributed by atoms with E-state index in [1.54, 1.807) is 0 Å². The Hall–Kier alpha value is -4.10. The van der Waals surface area contributed by atoms with Crippen LogP contribution in [0.4, 0.5) is 17.1 Å². The Bertz CT molecular complexity index is 1760. The fraction of sp³-hybridized carbons (Fsp3) is 0.118. The standard InChI is InChI=1S/C34H23N/c1-3-10-28-20(6-1)14-22-12-13-23-16-26-19-31-27(18-29(26)33(23)32(22)28)17-25-9-5-8-24-15-21-7-2-4-11-30(21)35(31)34(24)25/h1-13,18-19H,14-17H2. The lowest BCUT2D eigenvalue weighted by Crippen LogP contribution is -2.24. The van der Waals surface area contributed by atoms with Gasteiger partial charge in [0.05, 0.1) is 11.4 Å². The normalized spacial score (nSPS) is 14.9. The van der Waals surface area contributed by atoms with Crippen molar-refractivity contribution in [3.8, 4) is 22.3 Å². The molecule has 0 unspecified atom stereocenters. The maximum Gasteiger partial charge on any atom is 0.0532 e. The van der Waals surface area contributed by atoms with E-state index in [0.717, 1.165) is 25.7 Å². The van der Waals surface area contributed by atoms with Crippen LogP contribution in [-0.4, -0.2) is 0 Å². The first-order valence-electron chi connectivity index (χ1n) is 12.7. The number of hydrogen-bond donors (Lipinski definition) is 0. The first-order chi connectivity index (χ1) is 17.3. The molecule has 2 heterocycles. The summed E-state index contributed by atoms with van der Waals surface area (Å²) in [6.45, 7) is 0. The zero-order valence-corrected chi connectivity index (χ0v) is 19.4. The van der Waals surface area contributed by atoms with E-state index in [-0.39, 0.29) is 0 Å². The monoisotopic (exact) mass is 445 g/mol. The predicted molar refractivity (Wildman–Crippen MR) is 143 cm³/mol. The summed E-state index contributed by atoms with van der Waals surface area (Å²) in [7, 11) is 0. The number of benzene rings is 5. The number of fused-ring (bicyclic) bond motifs is 11. The summed E-state index contributed by atoms with van der Waals surface area (Å²) in [5.74, 6) is 0. The van der Waals surface area contributed by atoms with Gasteiger partial charge in [-0.1, -0.05) is 72.8 Å². The lowest BCUT2D eigenvalue weighted by molar-refractivity contribution is 1.01. The smallest absolute Gasteiger partial charge is 0.0532 e. The first-order valence-corrected chi connectivity index (χ1v) is 12.7. The molecule has 0 N–H and O–H groups in total. The Kier molecular flexibility index (Phi) is 3.29. The molecule has 0 saturated carbocycles. The van der Waals surface area contributed by atoms with E-state index >= 15 is 0 Å². The van der Waals surface area contributed by atoms with Gasteiger partial charge < -0.3 is 4.90 Å². The van der Waals surface area contributed by atoms with Crippen LogP contribution in [0.3, 0.4) is 0 Å². The van der Waals surface area contributed by atoms with E-state index in [4.69, 9.17) is 0 Å². The second kappa shape index (κ2) is 6.31. The summed E-state index contributed by atoms with van der Waals surface area (Å²) < 4.78 is 0. The molecule has 2 aliphatic heterocycles. The van der Waals surface area contributed by atoms with E-state index in [1.165, 1.54) is 83.8 Å². The van der Waals surface area contributed by atoms with E-state index in [0.29, 0.717) is 0 Å². The van der Waals surface area contributed by atoms with Crippen LogP contribution in [0.2, 0.25) is 0 Å². The highest BCUT2D eigenvalue weighted by Crippen LogP contribution is 2.54. The molecular formula is C34H23N. The van der Waals surface area contributed by atoms with Gasteiger partial charge in [0.15, 0.2) is 0 Å². The molecule has 4 aliphatic rings. The highest BCUT2D eigenvalue weighted by molar-refractivity contribution is 5.98. The third-order valence-electron chi connectivity index (χ3n) is 8.66. The van der Waals surface area contributed by atoms with Gasteiger partial charge in [0.1, 0.15) is 0 Å². The lowest BCUT2D eigenvalue weighted by atomic mass is 9.85. The Morgan fingerprint density at radius 1 is 0.400 bits per heavy atom. The van der Waals surface area contributed by atoms with E-state index in [2.05, 4.69) is 95.9 Å². The molecule has 0 spiro atoms. The highest BCUT2D eigenvalue weighted by Gasteiger charge is 2.34. The van der Waals surface area contributed by atoms with Crippen LogP contribution in [0, 0.1) is 0 Å². The van der Waals surface area contributed by atoms with Gasteiger partial charge in [0, 0.05) is 18.5 Å². The summed E-state index contributed by atoms with van der Waals surface area (Å²) in [6.07, 6.45) is 4.11. The Labute approximate surface area is 205 Å². The zero-order chi connectivity index (χ0) is 22.7. The predicted octanol–water partition coefficient (Wildman–Crippen LogP) is 8.11. The fourth-order valence-electron chi connectivity index (χ4n) is 7.21. The molecule has 35 heavy (non-hydrogen) atoms. The van der Waals surface area contributed by atoms with Gasteiger partial charge >= 0.3 is 0 Å². The van der Waals surface area contributed by atoms with Crippen LogP contribution in [0.1, 0.15) is 44.5 Å². The topological polar surface area (TPSA) is 3.24 Å². The second-order valence-corrected chi connectivity index (χ2v) is 10.5. The maximum absolute atomic E-state index is 2.56. The van der Waals surface area contributed by atoms with Crippen LogP contribution in [0.5, 0.6) is 0 Å².